The number of imidazole rings is 1. The lowest BCUT2D eigenvalue weighted by molar-refractivity contribution is -0.384. The first-order chi connectivity index (χ1) is 19.1. The third kappa shape index (κ3) is 6.60. The molecule has 208 valence electrons. The molecular weight excluding hydrogens is 542 g/mol. The molecule has 0 fully saturated rings. The predicted octanol–water partition coefficient (Wildman–Crippen LogP) is 6.41. The SMILES string of the molecule is CCOP(=O)(Cc1cc(C=CC(=O)Nc2ccc(-c3nc4ccc([N+](=O)[O-])cc4n3O)cc2)ccc1F)OCC. The van der Waals surface area contributed by atoms with Crippen LogP contribution in [0.3, 0.4) is 0 Å². The van der Waals surface area contributed by atoms with Crippen molar-refractivity contribution in [2.24, 2.45) is 0 Å². The maximum absolute atomic E-state index is 14.4. The summed E-state index contributed by atoms with van der Waals surface area (Å²) in [6.07, 6.45) is 2.53. The summed E-state index contributed by atoms with van der Waals surface area (Å²) in [5.74, 6) is -0.829. The zero-order chi connectivity index (χ0) is 28.9. The molecule has 0 saturated carbocycles. The Morgan fingerprint density at radius 3 is 2.48 bits per heavy atom. The topological polar surface area (TPSA) is 146 Å². The Morgan fingerprint density at radius 1 is 1.12 bits per heavy atom. The smallest absolute Gasteiger partial charge is 0.335 e. The van der Waals surface area contributed by atoms with Crippen LogP contribution >= 0.6 is 7.60 Å². The molecule has 1 aromatic heterocycles. The van der Waals surface area contributed by atoms with Gasteiger partial charge in [0.15, 0.2) is 5.82 Å². The largest absolute Gasteiger partial charge is 0.426 e. The second-order valence-corrected chi connectivity index (χ2v) is 10.6. The predicted molar refractivity (Wildman–Crippen MR) is 148 cm³/mol. The highest BCUT2D eigenvalue weighted by Gasteiger charge is 2.25. The number of carbonyl (C=O) groups is 1. The zero-order valence-electron chi connectivity index (χ0n) is 21.6. The van der Waals surface area contributed by atoms with Crippen LogP contribution in [0.4, 0.5) is 15.8 Å². The molecular formula is C27H26FN4O7P. The highest BCUT2D eigenvalue weighted by molar-refractivity contribution is 7.53. The minimum Gasteiger partial charge on any atom is -0.426 e. The Balaban J connectivity index is 1.45. The van der Waals surface area contributed by atoms with E-state index >= 15 is 0 Å². The molecule has 11 nitrogen and oxygen atoms in total. The Kier molecular flexibility index (Phi) is 8.73. The van der Waals surface area contributed by atoms with Gasteiger partial charge in [-0.2, -0.15) is 4.73 Å². The number of aromatic nitrogens is 2. The normalized spacial score (nSPS) is 11.8. The first kappa shape index (κ1) is 28.6. The van der Waals surface area contributed by atoms with E-state index in [4.69, 9.17) is 9.05 Å². The molecule has 0 saturated heterocycles. The molecule has 4 rings (SSSR count). The number of hydrogen-bond donors (Lipinski definition) is 2. The molecule has 0 atom stereocenters. The Labute approximate surface area is 228 Å². The second-order valence-electron chi connectivity index (χ2n) is 8.53. The van der Waals surface area contributed by atoms with Gasteiger partial charge in [-0.05, 0) is 68.0 Å². The van der Waals surface area contributed by atoms with Crippen LogP contribution in [-0.4, -0.2) is 39.0 Å². The number of nitrogens with zero attached hydrogens (tertiary/aromatic N) is 3. The number of amides is 1. The van der Waals surface area contributed by atoms with E-state index in [1.807, 2.05) is 0 Å². The van der Waals surface area contributed by atoms with Crippen molar-refractivity contribution in [2.45, 2.75) is 20.0 Å². The molecule has 0 aliphatic carbocycles. The van der Waals surface area contributed by atoms with Gasteiger partial charge >= 0.3 is 7.60 Å². The van der Waals surface area contributed by atoms with E-state index in [-0.39, 0.29) is 42.0 Å². The monoisotopic (exact) mass is 568 g/mol. The number of rotatable bonds is 11. The van der Waals surface area contributed by atoms with Crippen molar-refractivity contribution in [1.29, 1.82) is 0 Å². The van der Waals surface area contributed by atoms with E-state index in [0.29, 0.717) is 22.3 Å². The van der Waals surface area contributed by atoms with Gasteiger partial charge in [-0.25, -0.2) is 9.37 Å². The molecule has 0 spiro atoms. The number of anilines is 1. The van der Waals surface area contributed by atoms with Gasteiger partial charge in [0.1, 0.15) is 11.3 Å². The van der Waals surface area contributed by atoms with Crippen LogP contribution in [0.5, 0.6) is 0 Å². The fraction of sp³-hybridized carbons (Fsp3) is 0.185. The number of nitrogens with one attached hydrogen (secondary N) is 1. The van der Waals surface area contributed by atoms with Crippen LogP contribution in [0.25, 0.3) is 28.5 Å². The minimum atomic E-state index is -3.51. The van der Waals surface area contributed by atoms with E-state index in [0.717, 1.165) is 4.73 Å². The maximum Gasteiger partial charge on any atom is 0.335 e. The zero-order valence-corrected chi connectivity index (χ0v) is 22.5. The Morgan fingerprint density at radius 2 is 1.82 bits per heavy atom. The standard InChI is InChI=1S/C27H26FN4O7P/c1-3-38-40(37,39-4-2)17-20-15-18(5-12-23(20)28)6-14-26(33)29-21-9-7-19(8-10-21)27-30-24-13-11-22(32(35)36)16-25(24)31(27)34/h5-16,34H,3-4,17H2,1-2H3,(H,29,33). The van der Waals surface area contributed by atoms with Crippen molar-refractivity contribution in [3.63, 3.8) is 0 Å². The van der Waals surface area contributed by atoms with E-state index in [1.54, 1.807) is 38.1 Å². The molecule has 0 aliphatic rings. The quantitative estimate of drug-likeness (QED) is 0.0694. The molecule has 13 heteroatoms. The lowest BCUT2D eigenvalue weighted by atomic mass is 10.1. The van der Waals surface area contributed by atoms with E-state index < -0.39 is 24.2 Å². The summed E-state index contributed by atoms with van der Waals surface area (Å²) in [5.41, 5.74) is 2.04. The summed E-state index contributed by atoms with van der Waals surface area (Å²) in [4.78, 5) is 27.3. The Hall–Kier alpha value is -4.38. The number of carbonyl (C=O) groups excluding carboxylic acids is 1. The van der Waals surface area contributed by atoms with Crippen molar-refractivity contribution >= 4 is 42.0 Å². The fourth-order valence-corrected chi connectivity index (χ4v) is 5.66. The van der Waals surface area contributed by atoms with Crippen LogP contribution in [0.15, 0.2) is 66.7 Å². The third-order valence-corrected chi connectivity index (χ3v) is 7.78. The molecule has 0 aliphatic heterocycles. The summed E-state index contributed by atoms with van der Waals surface area (Å²) in [5, 5.41) is 24.2. The second kappa shape index (κ2) is 12.2. The van der Waals surface area contributed by atoms with E-state index in [1.165, 1.54) is 48.6 Å². The van der Waals surface area contributed by atoms with Gasteiger partial charge in [-0.15, -0.1) is 0 Å². The fourth-order valence-electron chi connectivity index (χ4n) is 3.96. The number of halogens is 1. The van der Waals surface area contributed by atoms with E-state index in [2.05, 4.69) is 10.3 Å². The number of non-ortho nitro benzene ring substituents is 1. The number of hydrogen-bond acceptors (Lipinski definition) is 8. The molecule has 2 N–H and O–H groups in total. The lowest BCUT2D eigenvalue weighted by Crippen LogP contribution is -2.07. The van der Waals surface area contributed by atoms with Crippen LogP contribution in [0, 0.1) is 15.9 Å². The molecule has 0 bridgehead atoms. The lowest BCUT2D eigenvalue weighted by Gasteiger charge is -2.17. The molecule has 1 amide bonds. The van der Waals surface area contributed by atoms with Gasteiger partial charge in [0.05, 0.1) is 29.8 Å². The number of nitro groups is 1. The van der Waals surface area contributed by atoms with Crippen LogP contribution in [0.2, 0.25) is 0 Å². The molecule has 4 aromatic rings. The van der Waals surface area contributed by atoms with Gasteiger partial charge in [0, 0.05) is 35.0 Å². The molecule has 40 heavy (non-hydrogen) atoms. The van der Waals surface area contributed by atoms with Gasteiger partial charge in [0.25, 0.3) is 5.69 Å². The molecule has 0 radical (unpaired) electrons. The Bertz CT molecular complexity index is 1630. The van der Waals surface area contributed by atoms with Crippen molar-refractivity contribution in [2.75, 3.05) is 18.5 Å². The summed E-state index contributed by atoms with van der Waals surface area (Å²) in [7, 11) is -3.51. The van der Waals surface area contributed by atoms with Crippen LogP contribution in [-0.2, 0) is 24.6 Å². The third-order valence-electron chi connectivity index (χ3n) is 5.75. The first-order valence-corrected chi connectivity index (χ1v) is 14.0. The van der Waals surface area contributed by atoms with Crippen molar-refractivity contribution < 1.29 is 32.9 Å². The number of fused-ring (bicyclic) bond motifs is 1. The summed E-state index contributed by atoms with van der Waals surface area (Å²) in [6, 6.07) is 14.6. The van der Waals surface area contributed by atoms with Crippen molar-refractivity contribution in [3.8, 4) is 11.4 Å². The highest BCUT2D eigenvalue weighted by Crippen LogP contribution is 2.51. The van der Waals surface area contributed by atoms with Gasteiger partial charge in [0.2, 0.25) is 5.91 Å². The van der Waals surface area contributed by atoms with E-state index in [9.17, 15) is 29.1 Å². The minimum absolute atomic E-state index is 0.146. The summed E-state index contributed by atoms with van der Waals surface area (Å²) in [6.45, 7) is 3.66. The average Bonchev–Trinajstić information content (AvgIpc) is 3.25. The average molecular weight is 568 g/mol. The molecule has 0 unspecified atom stereocenters. The number of benzene rings is 3. The maximum atomic E-state index is 14.4. The van der Waals surface area contributed by atoms with Crippen LogP contribution < -0.4 is 5.32 Å². The van der Waals surface area contributed by atoms with Crippen LogP contribution in [0.1, 0.15) is 25.0 Å². The van der Waals surface area contributed by atoms with Crippen molar-refractivity contribution in [1.82, 2.24) is 9.71 Å². The first-order valence-electron chi connectivity index (χ1n) is 12.2. The summed E-state index contributed by atoms with van der Waals surface area (Å²) < 4.78 is 38.4. The van der Waals surface area contributed by atoms with Crippen molar-refractivity contribution in [3.05, 3.63) is 93.8 Å². The van der Waals surface area contributed by atoms with Gasteiger partial charge < -0.3 is 19.6 Å². The molecule has 3 aromatic carbocycles. The molecule has 1 heterocycles. The summed E-state index contributed by atoms with van der Waals surface area (Å²) >= 11 is 0. The number of nitro benzene ring substituents is 1. The van der Waals surface area contributed by atoms with Gasteiger partial charge in [-0.1, -0.05) is 6.07 Å². The van der Waals surface area contributed by atoms with Gasteiger partial charge in [-0.3, -0.25) is 19.5 Å². The highest BCUT2D eigenvalue weighted by atomic mass is 31.2.